The Balaban J connectivity index is 1.51. The molecule has 0 aromatic heterocycles. The Hall–Kier alpha value is -3.50. The fourth-order valence-electron chi connectivity index (χ4n) is 8.34. The fourth-order valence-corrected chi connectivity index (χ4v) is 8.34. The van der Waals surface area contributed by atoms with Gasteiger partial charge in [0.25, 0.3) is 0 Å². The average molecular weight is 541 g/mol. The molecule has 1 saturated carbocycles. The number of piperidine rings is 1. The van der Waals surface area contributed by atoms with E-state index in [1.165, 1.54) is 0 Å². The maximum atomic E-state index is 12.5. The zero-order valence-electron chi connectivity index (χ0n) is 23.0. The van der Waals surface area contributed by atoms with Crippen LogP contribution in [0.2, 0.25) is 0 Å². The van der Waals surface area contributed by atoms with Crippen molar-refractivity contribution >= 4 is 17.1 Å². The number of nitrogen functional groups attached to an aromatic ring is 2. The molecule has 2 fully saturated rings. The predicted octanol–water partition coefficient (Wildman–Crippen LogP) is 3.70. The van der Waals surface area contributed by atoms with Crippen LogP contribution >= 0.6 is 0 Å². The van der Waals surface area contributed by atoms with E-state index in [-0.39, 0.29) is 17.9 Å². The van der Waals surface area contributed by atoms with E-state index >= 15 is 0 Å². The van der Waals surface area contributed by atoms with E-state index in [0.717, 1.165) is 41.7 Å². The fraction of sp³-hybridized carbons (Fsp3) is 0.419. The van der Waals surface area contributed by atoms with Crippen molar-refractivity contribution in [1.29, 1.82) is 0 Å². The lowest BCUT2D eigenvalue weighted by molar-refractivity contribution is -0.193. The summed E-state index contributed by atoms with van der Waals surface area (Å²) in [6, 6.07) is 15.1. The summed E-state index contributed by atoms with van der Waals surface area (Å²) in [5.74, 6) is -0.0318. The smallest absolute Gasteiger partial charge is 0.178 e. The zero-order chi connectivity index (χ0) is 28.2. The first-order chi connectivity index (χ1) is 19.0. The second-order valence-corrected chi connectivity index (χ2v) is 12.2. The van der Waals surface area contributed by atoms with Crippen molar-refractivity contribution in [2.75, 3.05) is 25.1 Å². The minimum atomic E-state index is -1.71. The minimum absolute atomic E-state index is 0.0542. The molecule has 1 spiro atoms. The Morgan fingerprint density at radius 1 is 1.10 bits per heavy atom. The van der Waals surface area contributed by atoms with Gasteiger partial charge in [-0.25, -0.2) is 0 Å². The van der Waals surface area contributed by atoms with Crippen LogP contribution in [0.5, 0.6) is 0 Å². The maximum Gasteiger partial charge on any atom is 0.178 e. The number of azo groups is 1. The summed E-state index contributed by atoms with van der Waals surface area (Å²) in [6.07, 6.45) is 2.44. The Morgan fingerprint density at radius 2 is 1.85 bits per heavy atom. The van der Waals surface area contributed by atoms with Crippen LogP contribution in [-0.4, -0.2) is 46.6 Å². The molecule has 0 amide bonds. The van der Waals surface area contributed by atoms with Gasteiger partial charge in [-0.2, -0.15) is 5.11 Å². The lowest BCUT2D eigenvalue weighted by Gasteiger charge is -2.64. The molecule has 208 valence electrons. The Labute approximate surface area is 233 Å². The second kappa shape index (κ2) is 8.27. The van der Waals surface area contributed by atoms with Gasteiger partial charge in [-0.1, -0.05) is 43.3 Å². The van der Waals surface area contributed by atoms with Gasteiger partial charge in [0.05, 0.1) is 16.8 Å². The first-order valence-electron chi connectivity index (χ1n) is 13.9. The minimum Gasteiger partial charge on any atom is -0.478 e. The molecule has 5 aliphatic rings. The second-order valence-electron chi connectivity index (χ2n) is 12.2. The molecular weight excluding hydrogens is 504 g/mol. The van der Waals surface area contributed by atoms with Crippen molar-refractivity contribution in [3.05, 3.63) is 88.3 Å². The average Bonchev–Trinajstić information content (AvgIpc) is 3.24. The number of benzene rings is 2. The standard InChI is InChI=1S/C31H36N6O3/c1-16-13-18-14-23-24-17(2)26(36-35-22-10-9-20(32)15-21(22)33)27(38)30(19-7-5-4-6-8-19)29(24,11-12-37(23)3)25(18)28(40-30)31(16,34)39/h4-10,13,15-16,23-24,27,38-39H,11-12,14,32-34H2,1-3H3/t16?,23-,24+,27+,29+,30+,31?/m1/s1. The number of aliphatic hydroxyl groups is 2. The highest BCUT2D eigenvalue weighted by molar-refractivity contribution is 5.67. The molecule has 9 heteroatoms. The normalized spacial score (nSPS) is 38.4. The highest BCUT2D eigenvalue weighted by Crippen LogP contribution is 2.74. The van der Waals surface area contributed by atoms with E-state index in [9.17, 15) is 10.2 Å². The Bertz CT molecular complexity index is 1550. The van der Waals surface area contributed by atoms with Gasteiger partial charge in [-0.05, 0) is 68.3 Å². The molecule has 3 aliphatic carbocycles. The summed E-state index contributed by atoms with van der Waals surface area (Å²) >= 11 is 0. The van der Waals surface area contributed by atoms with Crippen LogP contribution in [0.3, 0.4) is 0 Å². The number of nitrogens with two attached hydrogens (primary N) is 3. The van der Waals surface area contributed by atoms with Crippen molar-refractivity contribution in [3.63, 3.8) is 0 Å². The summed E-state index contributed by atoms with van der Waals surface area (Å²) in [4.78, 5) is 2.41. The van der Waals surface area contributed by atoms with Gasteiger partial charge < -0.3 is 31.3 Å². The number of nitrogens with zero attached hydrogens (tertiary/aromatic N) is 3. The first kappa shape index (κ1) is 25.5. The first-order valence-corrected chi connectivity index (χ1v) is 13.9. The van der Waals surface area contributed by atoms with Crippen molar-refractivity contribution in [3.8, 4) is 0 Å². The summed E-state index contributed by atoms with van der Waals surface area (Å²) in [6.45, 7) is 4.78. The van der Waals surface area contributed by atoms with Crippen molar-refractivity contribution in [2.24, 2.45) is 33.2 Å². The van der Waals surface area contributed by atoms with Crippen molar-refractivity contribution in [1.82, 2.24) is 4.90 Å². The molecule has 8 N–H and O–H groups in total. The molecular formula is C31H36N6O3. The van der Waals surface area contributed by atoms with Crippen LogP contribution in [0.15, 0.2) is 93.0 Å². The van der Waals surface area contributed by atoms with Crippen LogP contribution in [0.25, 0.3) is 0 Å². The molecule has 1 saturated heterocycles. The SMILES string of the molecule is CC1=C(N=Nc2ccc(N)cc2N)[C@H](O)[C@]2(c3ccccc3)OC3=C4C(=CC(C)C3(N)O)C[C@@H]3[C@H]1[C@@]42CCN3C. The molecule has 2 aromatic carbocycles. The molecule has 40 heavy (non-hydrogen) atoms. The quantitative estimate of drug-likeness (QED) is 0.226. The van der Waals surface area contributed by atoms with E-state index in [0.29, 0.717) is 28.5 Å². The van der Waals surface area contributed by atoms with Crippen LogP contribution in [0.4, 0.5) is 17.1 Å². The van der Waals surface area contributed by atoms with Crippen molar-refractivity contribution < 1.29 is 14.9 Å². The van der Waals surface area contributed by atoms with Crippen LogP contribution in [0.1, 0.15) is 32.3 Å². The predicted molar refractivity (Wildman–Crippen MR) is 153 cm³/mol. The number of aliphatic hydroxyl groups excluding tert-OH is 1. The van der Waals surface area contributed by atoms with E-state index in [2.05, 4.69) is 28.3 Å². The monoisotopic (exact) mass is 540 g/mol. The number of ether oxygens (including phenoxy) is 1. The number of anilines is 2. The number of hydrogen-bond donors (Lipinski definition) is 5. The lowest BCUT2D eigenvalue weighted by atomic mass is 9.43. The third-order valence-electron chi connectivity index (χ3n) is 10.2. The molecule has 2 aliphatic heterocycles. The van der Waals surface area contributed by atoms with Gasteiger partial charge in [-0.15, -0.1) is 5.11 Å². The van der Waals surface area contributed by atoms with Gasteiger partial charge in [0.15, 0.2) is 11.3 Å². The molecule has 7 atom stereocenters. The lowest BCUT2D eigenvalue weighted by Crippen LogP contribution is -2.68. The van der Waals surface area contributed by atoms with Gasteiger partial charge in [-0.3, -0.25) is 5.73 Å². The molecule has 7 rings (SSSR count). The van der Waals surface area contributed by atoms with Gasteiger partial charge in [0.1, 0.15) is 17.6 Å². The number of rotatable bonds is 3. The molecule has 2 aromatic rings. The topological polar surface area (TPSA) is 156 Å². The van der Waals surface area contributed by atoms with Gasteiger partial charge in [0.2, 0.25) is 0 Å². The van der Waals surface area contributed by atoms with E-state index in [1.54, 1.807) is 18.2 Å². The van der Waals surface area contributed by atoms with Crippen LogP contribution in [0, 0.1) is 17.3 Å². The highest BCUT2D eigenvalue weighted by Gasteiger charge is 2.77. The molecule has 9 nitrogen and oxygen atoms in total. The zero-order valence-corrected chi connectivity index (χ0v) is 23.0. The summed E-state index contributed by atoms with van der Waals surface area (Å²) in [5, 5.41) is 33.4. The van der Waals surface area contributed by atoms with Gasteiger partial charge in [0, 0.05) is 29.1 Å². The van der Waals surface area contributed by atoms with Gasteiger partial charge >= 0.3 is 0 Å². The maximum absolute atomic E-state index is 12.5. The van der Waals surface area contributed by atoms with Crippen LogP contribution < -0.4 is 17.2 Å². The van der Waals surface area contributed by atoms with E-state index in [4.69, 9.17) is 21.9 Å². The third kappa shape index (κ3) is 2.95. The number of hydrogen-bond acceptors (Lipinski definition) is 9. The van der Waals surface area contributed by atoms with E-state index in [1.807, 2.05) is 44.2 Å². The van der Waals surface area contributed by atoms with Crippen molar-refractivity contribution in [2.45, 2.75) is 50.2 Å². The summed E-state index contributed by atoms with van der Waals surface area (Å²) in [7, 11) is 2.16. The summed E-state index contributed by atoms with van der Waals surface area (Å²) < 4.78 is 7.02. The Morgan fingerprint density at radius 3 is 2.58 bits per heavy atom. The van der Waals surface area contributed by atoms with Crippen LogP contribution in [-0.2, 0) is 10.3 Å². The molecule has 2 bridgehead atoms. The largest absolute Gasteiger partial charge is 0.478 e. The molecule has 2 unspecified atom stereocenters. The highest BCUT2D eigenvalue weighted by atomic mass is 16.5. The van der Waals surface area contributed by atoms with E-state index < -0.39 is 22.8 Å². The Kier molecular flexibility index (Phi) is 5.26. The summed E-state index contributed by atoms with van der Waals surface area (Å²) in [5.41, 5.74) is 20.9. The third-order valence-corrected chi connectivity index (χ3v) is 10.2. The molecule has 2 heterocycles. The number of likely N-dealkylation sites (tertiary alicyclic amines) is 1. The molecule has 0 radical (unpaired) electrons.